The molecule has 0 saturated heterocycles. The number of nitrogens with one attached hydrogen (secondary N) is 2. The molecule has 2 N–H and O–H groups in total. The van der Waals surface area contributed by atoms with Crippen LogP contribution in [0.2, 0.25) is 0 Å². The number of carbonyl (C=O) groups excluding carboxylic acids is 1. The van der Waals surface area contributed by atoms with Crippen molar-refractivity contribution < 1.29 is 4.79 Å². The van der Waals surface area contributed by atoms with E-state index in [1.54, 1.807) is 24.3 Å². The van der Waals surface area contributed by atoms with Crippen LogP contribution >= 0.6 is 12.2 Å². The Morgan fingerprint density at radius 2 is 2.22 bits per heavy atom. The van der Waals surface area contributed by atoms with Crippen molar-refractivity contribution in [3.8, 4) is 6.07 Å². The van der Waals surface area contributed by atoms with Gasteiger partial charge in [0.25, 0.3) is 0 Å². The van der Waals surface area contributed by atoms with Gasteiger partial charge in [-0.2, -0.15) is 5.26 Å². The maximum absolute atomic E-state index is 11.5. The van der Waals surface area contributed by atoms with Crippen LogP contribution in [0.3, 0.4) is 0 Å². The van der Waals surface area contributed by atoms with Gasteiger partial charge in [0.2, 0.25) is 5.91 Å². The fraction of sp³-hybridized carbons (Fsp3) is 0.308. The first-order valence-electron chi connectivity index (χ1n) is 5.62. The molecule has 1 aromatic carbocycles. The number of carbonyl (C=O) groups is 1. The topological polar surface area (TPSA) is 64.9 Å². The van der Waals surface area contributed by atoms with E-state index in [2.05, 4.69) is 10.6 Å². The summed E-state index contributed by atoms with van der Waals surface area (Å²) in [5, 5.41) is 14.5. The first-order valence-corrected chi connectivity index (χ1v) is 6.03. The van der Waals surface area contributed by atoms with Gasteiger partial charge < -0.3 is 10.6 Å². The van der Waals surface area contributed by atoms with E-state index in [0.29, 0.717) is 17.7 Å². The molecule has 0 aliphatic carbocycles. The SMILES string of the molecule is CC(C)CC(=O)NC(=S)Nc1cccc(C#N)c1. The molecule has 0 spiro atoms. The average Bonchev–Trinajstić information content (AvgIpc) is 2.27. The molecule has 94 valence electrons. The summed E-state index contributed by atoms with van der Waals surface area (Å²) in [5.74, 6) is 0.175. The van der Waals surface area contributed by atoms with Crippen LogP contribution in [0.1, 0.15) is 25.8 Å². The summed E-state index contributed by atoms with van der Waals surface area (Å²) in [6.07, 6.45) is 0.431. The largest absolute Gasteiger partial charge is 0.332 e. The van der Waals surface area contributed by atoms with Crippen molar-refractivity contribution in [1.29, 1.82) is 5.26 Å². The van der Waals surface area contributed by atoms with Crippen LogP contribution in [-0.2, 0) is 4.79 Å². The Labute approximate surface area is 112 Å². The molecule has 0 unspecified atom stereocenters. The first-order chi connectivity index (χ1) is 8.51. The number of thiocarbonyl (C=S) groups is 1. The summed E-state index contributed by atoms with van der Waals surface area (Å²) in [6, 6.07) is 8.93. The highest BCUT2D eigenvalue weighted by atomic mass is 32.1. The van der Waals surface area contributed by atoms with E-state index >= 15 is 0 Å². The van der Waals surface area contributed by atoms with E-state index in [4.69, 9.17) is 17.5 Å². The summed E-state index contributed by atoms with van der Waals surface area (Å²) in [5.41, 5.74) is 1.22. The number of hydrogen-bond acceptors (Lipinski definition) is 3. The Hall–Kier alpha value is -1.93. The molecule has 0 heterocycles. The molecule has 0 atom stereocenters. The molecule has 18 heavy (non-hydrogen) atoms. The molecule has 0 fully saturated rings. The minimum Gasteiger partial charge on any atom is -0.332 e. The second-order valence-electron chi connectivity index (χ2n) is 4.29. The second-order valence-corrected chi connectivity index (χ2v) is 4.70. The highest BCUT2D eigenvalue weighted by Gasteiger charge is 2.07. The van der Waals surface area contributed by atoms with Crippen molar-refractivity contribution in [3.05, 3.63) is 29.8 Å². The van der Waals surface area contributed by atoms with Gasteiger partial charge in [-0.3, -0.25) is 4.79 Å². The minimum atomic E-state index is -0.112. The van der Waals surface area contributed by atoms with Crippen LogP contribution in [0.25, 0.3) is 0 Å². The van der Waals surface area contributed by atoms with Crippen LogP contribution in [0.15, 0.2) is 24.3 Å². The van der Waals surface area contributed by atoms with Crippen LogP contribution in [0.4, 0.5) is 5.69 Å². The van der Waals surface area contributed by atoms with E-state index in [1.165, 1.54) is 0 Å². The minimum absolute atomic E-state index is 0.112. The van der Waals surface area contributed by atoms with Crippen molar-refractivity contribution in [2.24, 2.45) is 5.92 Å². The summed E-state index contributed by atoms with van der Waals surface area (Å²) in [4.78, 5) is 11.5. The molecule has 1 amide bonds. The predicted octanol–water partition coefficient (Wildman–Crippen LogP) is 2.42. The average molecular weight is 261 g/mol. The summed E-state index contributed by atoms with van der Waals surface area (Å²) < 4.78 is 0. The molecule has 1 aromatic rings. The third-order valence-corrected chi connectivity index (χ3v) is 2.30. The van der Waals surface area contributed by atoms with E-state index in [0.717, 1.165) is 0 Å². The van der Waals surface area contributed by atoms with Gasteiger partial charge in [0.1, 0.15) is 0 Å². The number of hydrogen-bond donors (Lipinski definition) is 2. The number of rotatable bonds is 3. The molecular weight excluding hydrogens is 246 g/mol. The fourth-order valence-corrected chi connectivity index (χ4v) is 1.61. The van der Waals surface area contributed by atoms with Crippen molar-refractivity contribution in [2.45, 2.75) is 20.3 Å². The van der Waals surface area contributed by atoms with Crippen molar-refractivity contribution in [3.63, 3.8) is 0 Å². The maximum Gasteiger partial charge on any atom is 0.226 e. The smallest absolute Gasteiger partial charge is 0.226 e. The van der Waals surface area contributed by atoms with Gasteiger partial charge in [0, 0.05) is 12.1 Å². The Morgan fingerprint density at radius 3 is 2.83 bits per heavy atom. The van der Waals surface area contributed by atoms with Crippen LogP contribution in [0.5, 0.6) is 0 Å². The molecule has 0 aromatic heterocycles. The predicted molar refractivity (Wildman–Crippen MR) is 75.0 cm³/mol. The second kappa shape index (κ2) is 6.72. The number of anilines is 1. The molecule has 0 saturated carbocycles. The molecule has 0 radical (unpaired) electrons. The zero-order valence-corrected chi connectivity index (χ0v) is 11.2. The lowest BCUT2D eigenvalue weighted by Crippen LogP contribution is -2.34. The van der Waals surface area contributed by atoms with Gasteiger partial charge in [-0.25, -0.2) is 0 Å². The van der Waals surface area contributed by atoms with E-state index in [9.17, 15) is 4.79 Å². The van der Waals surface area contributed by atoms with Crippen LogP contribution in [-0.4, -0.2) is 11.0 Å². The number of nitrogens with zero attached hydrogens (tertiary/aromatic N) is 1. The molecule has 5 heteroatoms. The van der Waals surface area contributed by atoms with E-state index in [1.807, 2.05) is 19.9 Å². The lowest BCUT2D eigenvalue weighted by molar-refractivity contribution is -0.120. The van der Waals surface area contributed by atoms with Gasteiger partial charge >= 0.3 is 0 Å². The molecule has 1 rings (SSSR count). The lowest BCUT2D eigenvalue weighted by Gasteiger charge is -2.10. The zero-order chi connectivity index (χ0) is 13.5. The number of amides is 1. The van der Waals surface area contributed by atoms with Gasteiger partial charge in [0.05, 0.1) is 11.6 Å². The van der Waals surface area contributed by atoms with Crippen molar-refractivity contribution >= 4 is 28.9 Å². The third-order valence-electron chi connectivity index (χ3n) is 2.10. The Kier molecular flexibility index (Phi) is 5.28. The van der Waals surface area contributed by atoms with E-state index < -0.39 is 0 Å². The highest BCUT2D eigenvalue weighted by molar-refractivity contribution is 7.80. The lowest BCUT2D eigenvalue weighted by atomic mass is 10.1. The van der Waals surface area contributed by atoms with Crippen LogP contribution in [0, 0.1) is 17.2 Å². The van der Waals surface area contributed by atoms with Gasteiger partial charge in [-0.05, 0) is 36.3 Å². The van der Waals surface area contributed by atoms with Gasteiger partial charge in [0.15, 0.2) is 5.11 Å². The molecule has 0 bridgehead atoms. The highest BCUT2D eigenvalue weighted by Crippen LogP contribution is 2.09. The van der Waals surface area contributed by atoms with E-state index in [-0.39, 0.29) is 16.9 Å². The van der Waals surface area contributed by atoms with Gasteiger partial charge in [-0.15, -0.1) is 0 Å². The normalized spacial score (nSPS) is 9.67. The first kappa shape index (κ1) is 14.1. The van der Waals surface area contributed by atoms with Crippen molar-refractivity contribution in [2.75, 3.05) is 5.32 Å². The number of nitriles is 1. The Bertz CT molecular complexity index is 491. The fourth-order valence-electron chi connectivity index (χ4n) is 1.38. The zero-order valence-electron chi connectivity index (χ0n) is 10.4. The van der Waals surface area contributed by atoms with Gasteiger partial charge in [-0.1, -0.05) is 19.9 Å². The Balaban J connectivity index is 2.54. The summed E-state index contributed by atoms with van der Waals surface area (Å²) in [6.45, 7) is 3.93. The monoisotopic (exact) mass is 261 g/mol. The van der Waals surface area contributed by atoms with Crippen molar-refractivity contribution in [1.82, 2.24) is 5.32 Å². The standard InChI is InChI=1S/C13H15N3OS/c1-9(2)6-12(17)16-13(18)15-11-5-3-4-10(7-11)8-14/h3-5,7,9H,6H2,1-2H3,(H2,15,16,17,18). The quantitative estimate of drug-likeness (QED) is 0.820. The molecular formula is C13H15N3OS. The van der Waals surface area contributed by atoms with Crippen LogP contribution < -0.4 is 10.6 Å². The number of benzene rings is 1. The maximum atomic E-state index is 11.5. The Morgan fingerprint density at radius 1 is 1.50 bits per heavy atom. The summed E-state index contributed by atoms with van der Waals surface area (Å²) >= 11 is 5.02. The third kappa shape index (κ3) is 4.93. The molecule has 4 nitrogen and oxygen atoms in total. The summed E-state index contributed by atoms with van der Waals surface area (Å²) in [7, 11) is 0. The molecule has 0 aliphatic heterocycles. The molecule has 0 aliphatic rings.